The normalized spacial score (nSPS) is 23.3. The van der Waals surface area contributed by atoms with Gasteiger partial charge in [0.1, 0.15) is 11.6 Å². The fraction of sp³-hybridized carbons (Fsp3) is 0.720. The van der Waals surface area contributed by atoms with Crippen LogP contribution in [0.25, 0.3) is 0 Å². The van der Waals surface area contributed by atoms with Gasteiger partial charge in [-0.05, 0) is 45.4 Å². The highest BCUT2D eigenvalue weighted by Gasteiger charge is 2.60. The van der Waals surface area contributed by atoms with Gasteiger partial charge < -0.3 is 20.3 Å². The molecule has 37 heavy (non-hydrogen) atoms. The van der Waals surface area contributed by atoms with E-state index in [4.69, 9.17) is 10.5 Å². The van der Waals surface area contributed by atoms with Crippen molar-refractivity contribution in [3.05, 3.63) is 11.4 Å². The zero-order chi connectivity index (χ0) is 26.9. The zero-order valence-electron chi connectivity index (χ0n) is 21.8. The van der Waals surface area contributed by atoms with Crippen LogP contribution in [0.5, 0.6) is 0 Å². The number of nitrogens with two attached hydrogens (primary N) is 1. The fourth-order valence-electron chi connectivity index (χ4n) is 6.01. The molecule has 2 N–H and O–H groups in total. The summed E-state index contributed by atoms with van der Waals surface area (Å²) in [6.45, 7) is 5.77. The first-order chi connectivity index (χ1) is 17.5. The van der Waals surface area contributed by atoms with Gasteiger partial charge in [-0.3, -0.25) is 24.0 Å². The number of likely N-dealkylation sites (tertiary alicyclic amines) is 2. The lowest BCUT2D eigenvalue weighted by Gasteiger charge is -2.50. The first-order valence-corrected chi connectivity index (χ1v) is 13.0. The number of aromatic nitrogens is 3. The molecule has 2 saturated heterocycles. The molecule has 12 nitrogen and oxygen atoms in total. The summed E-state index contributed by atoms with van der Waals surface area (Å²) in [6.07, 6.45) is 4.85. The molecule has 1 aromatic heterocycles. The predicted octanol–water partition coefficient (Wildman–Crippen LogP) is 0.606. The van der Waals surface area contributed by atoms with Crippen LogP contribution in [0.1, 0.15) is 75.0 Å². The monoisotopic (exact) mass is 516 g/mol. The number of amides is 3. The van der Waals surface area contributed by atoms with Crippen molar-refractivity contribution in [3.8, 4) is 0 Å². The Bertz CT molecular complexity index is 1100. The molecule has 1 aromatic rings. The predicted molar refractivity (Wildman–Crippen MR) is 130 cm³/mol. The molecular formula is C25H36N6O6. The SMILES string of the molecule is CC(=O)O[C@H](C)[C@H](CC(=O)CN1CC2(CCCN2C(=O)c2nnn(CC3CCCC3)c2C)C1=O)C(N)=O. The van der Waals surface area contributed by atoms with Gasteiger partial charge in [0.2, 0.25) is 5.91 Å². The molecule has 1 unspecified atom stereocenters. The molecule has 3 fully saturated rings. The molecule has 1 aliphatic carbocycles. The highest BCUT2D eigenvalue weighted by Crippen LogP contribution is 2.40. The number of ketones is 1. The van der Waals surface area contributed by atoms with Gasteiger partial charge in [-0.25, -0.2) is 4.68 Å². The second-order valence-corrected chi connectivity index (χ2v) is 10.7. The molecule has 3 amide bonds. The molecule has 3 heterocycles. The molecule has 2 aliphatic heterocycles. The van der Waals surface area contributed by atoms with Crippen LogP contribution in [0.4, 0.5) is 0 Å². The number of rotatable bonds is 10. The van der Waals surface area contributed by atoms with Crippen molar-refractivity contribution >= 4 is 29.5 Å². The van der Waals surface area contributed by atoms with E-state index in [0.717, 1.165) is 19.4 Å². The maximum absolute atomic E-state index is 13.5. The van der Waals surface area contributed by atoms with E-state index in [-0.39, 0.29) is 42.8 Å². The van der Waals surface area contributed by atoms with Crippen LogP contribution >= 0.6 is 0 Å². The van der Waals surface area contributed by atoms with Crippen LogP contribution in [0, 0.1) is 18.8 Å². The average Bonchev–Trinajstić information content (AvgIpc) is 3.58. The number of hydrogen-bond donors (Lipinski definition) is 1. The van der Waals surface area contributed by atoms with Crippen molar-refractivity contribution < 1.29 is 28.7 Å². The lowest BCUT2D eigenvalue weighted by molar-refractivity contribution is -0.161. The maximum Gasteiger partial charge on any atom is 0.302 e. The number of primary amides is 1. The van der Waals surface area contributed by atoms with Gasteiger partial charge in [0.05, 0.1) is 24.7 Å². The minimum absolute atomic E-state index is 0.199. The minimum Gasteiger partial charge on any atom is -0.462 e. The van der Waals surface area contributed by atoms with Crippen molar-refractivity contribution in [2.24, 2.45) is 17.6 Å². The summed E-state index contributed by atoms with van der Waals surface area (Å²) in [5.74, 6) is -2.73. The highest BCUT2D eigenvalue weighted by molar-refractivity contribution is 6.03. The molecule has 3 aliphatic rings. The largest absolute Gasteiger partial charge is 0.462 e. The van der Waals surface area contributed by atoms with Crippen molar-refractivity contribution in [2.75, 3.05) is 19.6 Å². The Morgan fingerprint density at radius 3 is 2.51 bits per heavy atom. The molecule has 12 heteroatoms. The summed E-state index contributed by atoms with van der Waals surface area (Å²) in [4.78, 5) is 65.4. The third-order valence-corrected chi connectivity index (χ3v) is 8.06. The third-order valence-electron chi connectivity index (χ3n) is 8.06. The number of carbonyl (C=O) groups excluding carboxylic acids is 5. The average molecular weight is 517 g/mol. The Morgan fingerprint density at radius 1 is 1.19 bits per heavy atom. The van der Waals surface area contributed by atoms with Crippen molar-refractivity contribution in [1.82, 2.24) is 24.8 Å². The lowest BCUT2D eigenvalue weighted by Crippen LogP contribution is -2.73. The number of nitrogens with zero attached hydrogens (tertiary/aromatic N) is 5. The Kier molecular flexibility index (Phi) is 7.65. The number of Topliss-reactive ketones (excluding diaryl/α,β-unsaturated/α-hetero) is 1. The number of β-lactam (4-membered cyclic amide) rings is 1. The van der Waals surface area contributed by atoms with Crippen molar-refractivity contribution in [2.45, 2.75) is 83.9 Å². The highest BCUT2D eigenvalue weighted by atomic mass is 16.5. The lowest BCUT2D eigenvalue weighted by atomic mass is 9.84. The van der Waals surface area contributed by atoms with Crippen LogP contribution in [-0.2, 0) is 30.5 Å². The van der Waals surface area contributed by atoms with E-state index in [1.54, 1.807) is 9.58 Å². The molecule has 4 rings (SSSR count). The van der Waals surface area contributed by atoms with E-state index in [1.165, 1.54) is 31.6 Å². The summed E-state index contributed by atoms with van der Waals surface area (Å²) in [7, 11) is 0. The number of esters is 1. The Hall–Kier alpha value is -3.31. The molecule has 1 spiro atoms. The van der Waals surface area contributed by atoms with Crippen LogP contribution in [0.15, 0.2) is 0 Å². The fourth-order valence-corrected chi connectivity index (χ4v) is 6.01. The molecule has 1 saturated carbocycles. The van der Waals surface area contributed by atoms with E-state index in [0.29, 0.717) is 31.0 Å². The summed E-state index contributed by atoms with van der Waals surface area (Å²) in [5.41, 5.74) is 5.40. The first-order valence-electron chi connectivity index (χ1n) is 13.0. The minimum atomic E-state index is -0.985. The van der Waals surface area contributed by atoms with E-state index < -0.39 is 29.4 Å². The van der Waals surface area contributed by atoms with E-state index >= 15 is 0 Å². The molecule has 202 valence electrons. The second-order valence-electron chi connectivity index (χ2n) is 10.7. The van der Waals surface area contributed by atoms with E-state index in [1.807, 2.05) is 6.92 Å². The van der Waals surface area contributed by atoms with Crippen LogP contribution in [0.2, 0.25) is 0 Å². The zero-order valence-corrected chi connectivity index (χ0v) is 21.8. The number of hydrogen-bond acceptors (Lipinski definition) is 8. The van der Waals surface area contributed by atoms with Crippen molar-refractivity contribution in [1.29, 1.82) is 0 Å². The van der Waals surface area contributed by atoms with Gasteiger partial charge in [-0.2, -0.15) is 0 Å². The maximum atomic E-state index is 13.5. The van der Waals surface area contributed by atoms with Gasteiger partial charge in [0.15, 0.2) is 11.5 Å². The standard InChI is InChI=1S/C25H36N6O6/c1-15-21(27-28-31(15)12-18-7-4-5-8-18)23(35)30-10-6-9-25(30)14-29(24(25)36)13-19(33)11-20(22(26)34)16(2)37-17(3)32/h16,18,20H,4-14H2,1-3H3,(H2,26,34)/t16-,20+,25?/m1/s1. The van der Waals surface area contributed by atoms with Gasteiger partial charge >= 0.3 is 5.97 Å². The topological polar surface area (TPSA) is 158 Å². The molecule has 0 aromatic carbocycles. The number of ether oxygens (including phenoxy) is 1. The molecule has 0 bridgehead atoms. The van der Waals surface area contributed by atoms with E-state index in [9.17, 15) is 24.0 Å². The molecule has 3 atom stereocenters. The summed E-state index contributed by atoms with van der Waals surface area (Å²) >= 11 is 0. The van der Waals surface area contributed by atoms with Crippen LogP contribution < -0.4 is 5.73 Å². The Balaban J connectivity index is 1.38. The third kappa shape index (κ3) is 5.24. The van der Waals surface area contributed by atoms with Crippen LogP contribution in [0.3, 0.4) is 0 Å². The van der Waals surface area contributed by atoms with Gasteiger partial charge in [0, 0.05) is 26.4 Å². The van der Waals surface area contributed by atoms with Gasteiger partial charge in [-0.15, -0.1) is 5.10 Å². The van der Waals surface area contributed by atoms with Crippen LogP contribution in [-0.4, -0.2) is 85.5 Å². The molecular weight excluding hydrogens is 480 g/mol. The summed E-state index contributed by atoms with van der Waals surface area (Å²) in [5, 5.41) is 8.39. The van der Waals surface area contributed by atoms with Gasteiger partial charge in [-0.1, -0.05) is 18.1 Å². The quantitative estimate of drug-likeness (QED) is 0.350. The van der Waals surface area contributed by atoms with Crippen molar-refractivity contribution in [3.63, 3.8) is 0 Å². The summed E-state index contributed by atoms with van der Waals surface area (Å²) in [6, 6.07) is 0. The second kappa shape index (κ2) is 10.6. The van der Waals surface area contributed by atoms with E-state index in [2.05, 4.69) is 10.3 Å². The number of carbonyl (C=O) groups is 5. The molecule has 0 radical (unpaired) electrons. The summed E-state index contributed by atoms with van der Waals surface area (Å²) < 4.78 is 6.82. The smallest absolute Gasteiger partial charge is 0.302 e. The Morgan fingerprint density at radius 2 is 1.89 bits per heavy atom. The Labute approximate surface area is 215 Å². The van der Waals surface area contributed by atoms with Gasteiger partial charge in [0.25, 0.3) is 11.8 Å². The first kappa shape index (κ1) is 26.7.